The average Bonchev–Trinajstić information content (AvgIpc) is 2.48. The van der Waals surface area contributed by atoms with Gasteiger partial charge >= 0.3 is 5.97 Å². The highest BCUT2D eigenvalue weighted by molar-refractivity contribution is 5.75. The highest BCUT2D eigenvalue weighted by Gasteiger charge is 2.05. The fraction of sp³-hybridized carbons (Fsp3) is 0.143. The molecule has 0 aliphatic carbocycles. The predicted molar refractivity (Wildman–Crippen MR) is 43.0 cm³/mol. The summed E-state index contributed by atoms with van der Waals surface area (Å²) in [6.07, 6.45) is 4.49. The van der Waals surface area contributed by atoms with Crippen LogP contribution in [0.5, 0.6) is 0 Å². The van der Waals surface area contributed by atoms with Gasteiger partial charge in [-0.25, -0.2) is 14.6 Å². The third-order valence-corrected chi connectivity index (χ3v) is 1.58. The summed E-state index contributed by atoms with van der Waals surface area (Å²) in [5.74, 6) is -0.941. The van der Waals surface area contributed by atoms with E-state index in [0.717, 1.165) is 5.39 Å². The molecule has 2 heterocycles. The lowest BCUT2D eigenvalue weighted by Crippen LogP contribution is -2.10. The van der Waals surface area contributed by atoms with Crippen molar-refractivity contribution in [3.05, 3.63) is 18.7 Å². The first-order chi connectivity index (χ1) is 6.27. The molecule has 6 heteroatoms. The number of carboxylic acids is 1. The zero-order valence-corrected chi connectivity index (χ0v) is 6.58. The second-order valence-corrected chi connectivity index (χ2v) is 2.50. The van der Waals surface area contributed by atoms with Gasteiger partial charge in [-0.2, -0.15) is 5.10 Å². The number of carbonyl (C=O) groups is 1. The van der Waals surface area contributed by atoms with Crippen LogP contribution in [0.15, 0.2) is 18.7 Å². The molecule has 6 nitrogen and oxygen atoms in total. The van der Waals surface area contributed by atoms with E-state index in [4.69, 9.17) is 5.11 Å². The Morgan fingerprint density at radius 2 is 2.38 bits per heavy atom. The van der Waals surface area contributed by atoms with Crippen molar-refractivity contribution < 1.29 is 9.90 Å². The van der Waals surface area contributed by atoms with E-state index < -0.39 is 5.97 Å². The van der Waals surface area contributed by atoms with Crippen LogP contribution in [0.1, 0.15) is 0 Å². The summed E-state index contributed by atoms with van der Waals surface area (Å²) < 4.78 is 1.32. The van der Waals surface area contributed by atoms with Crippen LogP contribution in [0, 0.1) is 0 Å². The van der Waals surface area contributed by atoms with Gasteiger partial charge < -0.3 is 5.11 Å². The van der Waals surface area contributed by atoms with Crippen LogP contribution < -0.4 is 0 Å². The SMILES string of the molecule is O=C(O)Cn1ncc2cncnc21. The van der Waals surface area contributed by atoms with Crippen LogP contribution in [-0.2, 0) is 11.3 Å². The predicted octanol–water partition coefficient (Wildman–Crippen LogP) is -0.0891. The number of fused-ring (bicyclic) bond motifs is 1. The Kier molecular flexibility index (Phi) is 1.66. The molecule has 0 aliphatic rings. The van der Waals surface area contributed by atoms with Crippen molar-refractivity contribution >= 4 is 17.0 Å². The van der Waals surface area contributed by atoms with Crippen molar-refractivity contribution in [3.8, 4) is 0 Å². The molecule has 0 saturated heterocycles. The number of nitrogens with zero attached hydrogens (tertiary/aromatic N) is 4. The van der Waals surface area contributed by atoms with Gasteiger partial charge in [0.1, 0.15) is 12.9 Å². The zero-order chi connectivity index (χ0) is 9.26. The second-order valence-electron chi connectivity index (χ2n) is 2.50. The Labute approximate surface area is 72.8 Å². The van der Waals surface area contributed by atoms with Gasteiger partial charge in [-0.05, 0) is 0 Å². The highest BCUT2D eigenvalue weighted by atomic mass is 16.4. The quantitative estimate of drug-likeness (QED) is 0.695. The summed E-state index contributed by atoms with van der Waals surface area (Å²) in [5, 5.41) is 13.1. The number of carboxylic acid groups (broad SMARTS) is 1. The zero-order valence-electron chi connectivity index (χ0n) is 6.58. The molecule has 13 heavy (non-hydrogen) atoms. The van der Waals surface area contributed by atoms with Gasteiger partial charge in [-0.3, -0.25) is 4.79 Å². The molecule has 0 aromatic carbocycles. The number of hydrogen-bond donors (Lipinski definition) is 1. The molecule has 0 radical (unpaired) electrons. The Morgan fingerprint density at radius 3 is 3.15 bits per heavy atom. The Bertz CT molecular complexity index is 450. The first kappa shape index (κ1) is 7.66. The van der Waals surface area contributed by atoms with Crippen molar-refractivity contribution in [2.24, 2.45) is 0 Å². The first-order valence-electron chi connectivity index (χ1n) is 3.60. The van der Waals surface area contributed by atoms with Gasteiger partial charge in [0.15, 0.2) is 5.65 Å². The highest BCUT2D eigenvalue weighted by Crippen LogP contribution is 2.07. The van der Waals surface area contributed by atoms with Crippen LogP contribution in [0.4, 0.5) is 0 Å². The van der Waals surface area contributed by atoms with Crippen LogP contribution in [-0.4, -0.2) is 30.8 Å². The fourth-order valence-corrected chi connectivity index (χ4v) is 1.07. The molecule has 2 rings (SSSR count). The fourth-order valence-electron chi connectivity index (χ4n) is 1.07. The molecule has 0 spiro atoms. The lowest BCUT2D eigenvalue weighted by atomic mass is 10.4. The Balaban J connectivity index is 2.51. The van der Waals surface area contributed by atoms with Crippen molar-refractivity contribution in [2.75, 3.05) is 0 Å². The number of aromatic nitrogens is 4. The molecule has 2 aromatic rings. The molecule has 0 unspecified atom stereocenters. The normalized spacial score (nSPS) is 10.5. The number of rotatable bonds is 2. The van der Waals surface area contributed by atoms with Crippen molar-refractivity contribution in [3.63, 3.8) is 0 Å². The van der Waals surface area contributed by atoms with Crippen molar-refractivity contribution in [1.29, 1.82) is 0 Å². The average molecular weight is 178 g/mol. The van der Waals surface area contributed by atoms with Gasteiger partial charge in [-0.15, -0.1) is 0 Å². The largest absolute Gasteiger partial charge is 0.480 e. The van der Waals surface area contributed by atoms with E-state index in [1.165, 1.54) is 17.2 Å². The standard InChI is InChI=1S/C7H6N4O2/c12-6(13)3-11-7-5(2-10-11)1-8-4-9-7/h1-2,4H,3H2,(H,12,13). The minimum atomic E-state index is -0.941. The molecule has 0 bridgehead atoms. The maximum atomic E-state index is 10.4. The minimum Gasteiger partial charge on any atom is -0.480 e. The third-order valence-electron chi connectivity index (χ3n) is 1.58. The van der Waals surface area contributed by atoms with Crippen molar-refractivity contribution in [1.82, 2.24) is 19.7 Å². The lowest BCUT2D eigenvalue weighted by molar-refractivity contribution is -0.137. The molecule has 0 fully saturated rings. The summed E-state index contributed by atoms with van der Waals surface area (Å²) in [7, 11) is 0. The lowest BCUT2D eigenvalue weighted by Gasteiger charge is -1.96. The van der Waals surface area contributed by atoms with E-state index in [0.29, 0.717) is 5.65 Å². The van der Waals surface area contributed by atoms with Crippen molar-refractivity contribution in [2.45, 2.75) is 6.54 Å². The van der Waals surface area contributed by atoms with E-state index in [1.54, 1.807) is 6.20 Å². The van der Waals surface area contributed by atoms with E-state index in [2.05, 4.69) is 15.1 Å². The third kappa shape index (κ3) is 1.33. The summed E-state index contributed by atoms with van der Waals surface area (Å²) in [6, 6.07) is 0. The monoisotopic (exact) mass is 178 g/mol. The summed E-state index contributed by atoms with van der Waals surface area (Å²) in [6.45, 7) is -0.180. The molecule has 66 valence electrons. The van der Waals surface area contributed by atoms with Gasteiger partial charge in [0.25, 0.3) is 0 Å². The molecular weight excluding hydrogens is 172 g/mol. The maximum Gasteiger partial charge on any atom is 0.325 e. The Hall–Kier alpha value is -1.98. The topological polar surface area (TPSA) is 80.9 Å². The molecule has 0 atom stereocenters. The first-order valence-corrected chi connectivity index (χ1v) is 3.60. The summed E-state index contributed by atoms with van der Waals surface area (Å²) in [5.41, 5.74) is 0.539. The molecule has 0 saturated carbocycles. The minimum absolute atomic E-state index is 0.180. The van der Waals surface area contributed by atoms with Crippen LogP contribution >= 0.6 is 0 Å². The molecular formula is C7H6N4O2. The van der Waals surface area contributed by atoms with Crippen LogP contribution in [0.25, 0.3) is 11.0 Å². The molecule has 0 amide bonds. The van der Waals surface area contributed by atoms with E-state index >= 15 is 0 Å². The van der Waals surface area contributed by atoms with E-state index in [-0.39, 0.29) is 6.54 Å². The molecule has 0 aliphatic heterocycles. The number of aliphatic carboxylic acids is 1. The molecule has 1 N–H and O–H groups in total. The molecule has 2 aromatic heterocycles. The van der Waals surface area contributed by atoms with Gasteiger partial charge in [0, 0.05) is 6.20 Å². The van der Waals surface area contributed by atoms with Gasteiger partial charge in [0.05, 0.1) is 11.6 Å². The smallest absolute Gasteiger partial charge is 0.325 e. The number of hydrogen-bond acceptors (Lipinski definition) is 4. The van der Waals surface area contributed by atoms with E-state index in [9.17, 15) is 4.79 Å². The van der Waals surface area contributed by atoms with Gasteiger partial charge in [0.2, 0.25) is 0 Å². The van der Waals surface area contributed by atoms with Crippen LogP contribution in [0.3, 0.4) is 0 Å². The second kappa shape index (κ2) is 2.81. The Morgan fingerprint density at radius 1 is 1.54 bits per heavy atom. The van der Waals surface area contributed by atoms with Crippen LogP contribution in [0.2, 0.25) is 0 Å². The summed E-state index contributed by atoms with van der Waals surface area (Å²) >= 11 is 0. The van der Waals surface area contributed by atoms with Gasteiger partial charge in [-0.1, -0.05) is 0 Å². The van der Waals surface area contributed by atoms with E-state index in [1.807, 2.05) is 0 Å². The summed E-state index contributed by atoms with van der Waals surface area (Å²) in [4.78, 5) is 18.1. The maximum absolute atomic E-state index is 10.4.